The van der Waals surface area contributed by atoms with Gasteiger partial charge >= 0.3 is 5.97 Å². The monoisotopic (exact) mass is 186 g/mol. The molecule has 0 aliphatic carbocycles. The predicted octanol–water partition coefficient (Wildman–Crippen LogP) is 2.10. The normalized spacial score (nSPS) is 28.5. The quantitative estimate of drug-likeness (QED) is 0.633. The Morgan fingerprint density at radius 2 is 2.38 bits per heavy atom. The van der Waals surface area contributed by atoms with Crippen LogP contribution in [0.2, 0.25) is 0 Å². The smallest absolute Gasteiger partial charge is 0.304 e. The van der Waals surface area contributed by atoms with Gasteiger partial charge in [-0.15, -0.1) is 0 Å². The van der Waals surface area contributed by atoms with E-state index in [1.165, 1.54) is 6.92 Å². The Hall–Kier alpha value is -0.570. The summed E-state index contributed by atoms with van der Waals surface area (Å²) in [5, 5.41) is 0. The van der Waals surface area contributed by atoms with E-state index in [9.17, 15) is 4.79 Å². The van der Waals surface area contributed by atoms with Crippen molar-refractivity contribution in [1.29, 1.82) is 0 Å². The second kappa shape index (κ2) is 5.22. The summed E-state index contributed by atoms with van der Waals surface area (Å²) in [7, 11) is 0. The van der Waals surface area contributed by atoms with Crippen molar-refractivity contribution in [1.82, 2.24) is 0 Å². The van der Waals surface area contributed by atoms with Crippen LogP contribution in [0.4, 0.5) is 0 Å². The van der Waals surface area contributed by atoms with Crippen LogP contribution in [0.1, 0.15) is 39.5 Å². The Balaban J connectivity index is 2.41. The predicted molar refractivity (Wildman–Crippen MR) is 49.1 cm³/mol. The zero-order chi connectivity index (χ0) is 9.68. The number of ether oxygens (including phenoxy) is 2. The first-order valence-electron chi connectivity index (χ1n) is 5.03. The average Bonchev–Trinajstić information content (AvgIpc) is 2.08. The molecule has 0 saturated carbocycles. The third-order valence-corrected chi connectivity index (χ3v) is 2.33. The van der Waals surface area contributed by atoms with Crippen molar-refractivity contribution in [3.8, 4) is 0 Å². The molecule has 2 atom stereocenters. The first-order chi connectivity index (χ1) is 6.24. The van der Waals surface area contributed by atoms with Crippen LogP contribution in [-0.2, 0) is 14.3 Å². The molecule has 3 heteroatoms. The number of carbonyl (C=O) groups is 1. The number of hydrogen-bond donors (Lipinski definition) is 0. The first-order valence-corrected chi connectivity index (χ1v) is 5.03. The molecule has 1 saturated heterocycles. The van der Waals surface area contributed by atoms with Gasteiger partial charge in [-0.05, 0) is 19.3 Å². The third kappa shape index (κ3) is 3.35. The van der Waals surface area contributed by atoms with Crippen LogP contribution in [0.15, 0.2) is 0 Å². The highest BCUT2D eigenvalue weighted by atomic mass is 16.7. The van der Waals surface area contributed by atoms with Crippen molar-refractivity contribution in [3.63, 3.8) is 0 Å². The van der Waals surface area contributed by atoms with E-state index in [-0.39, 0.29) is 12.3 Å². The number of hydrogen-bond acceptors (Lipinski definition) is 3. The summed E-state index contributed by atoms with van der Waals surface area (Å²) in [4.78, 5) is 10.8. The Bertz CT molecular complexity index is 166. The lowest BCUT2D eigenvalue weighted by atomic mass is 9.95. The topological polar surface area (TPSA) is 35.5 Å². The summed E-state index contributed by atoms with van der Waals surface area (Å²) in [6.07, 6.45) is 4.11. The summed E-state index contributed by atoms with van der Waals surface area (Å²) in [5.41, 5.74) is 0. The Morgan fingerprint density at radius 3 is 3.00 bits per heavy atom. The molecule has 1 rings (SSSR count). The molecule has 0 aromatic heterocycles. The van der Waals surface area contributed by atoms with E-state index in [1.54, 1.807) is 0 Å². The lowest BCUT2D eigenvalue weighted by Gasteiger charge is -2.30. The van der Waals surface area contributed by atoms with Gasteiger partial charge in [0.15, 0.2) is 0 Å². The maximum Gasteiger partial charge on any atom is 0.304 e. The van der Waals surface area contributed by atoms with Crippen LogP contribution in [0.25, 0.3) is 0 Å². The highest BCUT2D eigenvalue weighted by Gasteiger charge is 2.27. The van der Waals surface area contributed by atoms with Crippen molar-refractivity contribution < 1.29 is 14.3 Å². The van der Waals surface area contributed by atoms with E-state index >= 15 is 0 Å². The van der Waals surface area contributed by atoms with Gasteiger partial charge in [-0.25, -0.2) is 0 Å². The fourth-order valence-corrected chi connectivity index (χ4v) is 1.76. The van der Waals surface area contributed by atoms with E-state index < -0.39 is 0 Å². The summed E-state index contributed by atoms with van der Waals surface area (Å²) >= 11 is 0. The SMILES string of the molecule is CCCC1CCCOC1OC(C)=O. The van der Waals surface area contributed by atoms with Crippen molar-refractivity contribution in [2.75, 3.05) is 6.61 Å². The highest BCUT2D eigenvalue weighted by Crippen LogP contribution is 2.25. The molecular formula is C10H18O3. The van der Waals surface area contributed by atoms with Gasteiger partial charge in [-0.2, -0.15) is 0 Å². The maximum atomic E-state index is 10.8. The molecule has 13 heavy (non-hydrogen) atoms. The number of rotatable bonds is 3. The Kier molecular flexibility index (Phi) is 4.22. The summed E-state index contributed by atoms with van der Waals surface area (Å²) in [6, 6.07) is 0. The molecule has 2 unspecified atom stereocenters. The van der Waals surface area contributed by atoms with Crippen LogP contribution in [0, 0.1) is 5.92 Å². The summed E-state index contributed by atoms with van der Waals surface area (Å²) < 4.78 is 10.5. The van der Waals surface area contributed by atoms with Gasteiger partial charge in [0.05, 0.1) is 6.61 Å². The van der Waals surface area contributed by atoms with E-state index in [1.807, 2.05) is 0 Å². The highest BCUT2D eigenvalue weighted by molar-refractivity contribution is 5.66. The molecule has 0 bridgehead atoms. The summed E-state index contributed by atoms with van der Waals surface area (Å²) in [5.74, 6) is 0.163. The van der Waals surface area contributed by atoms with Crippen LogP contribution in [0.3, 0.4) is 0 Å². The summed E-state index contributed by atoms with van der Waals surface area (Å²) in [6.45, 7) is 4.29. The van der Waals surface area contributed by atoms with Gasteiger partial charge in [0.2, 0.25) is 6.29 Å². The molecule has 0 spiro atoms. The largest absolute Gasteiger partial charge is 0.436 e. The third-order valence-electron chi connectivity index (χ3n) is 2.33. The van der Waals surface area contributed by atoms with Gasteiger partial charge in [-0.3, -0.25) is 4.79 Å². The molecule has 0 amide bonds. The van der Waals surface area contributed by atoms with Gasteiger partial charge in [0.1, 0.15) is 0 Å². The minimum atomic E-state index is -0.286. The van der Waals surface area contributed by atoms with Crippen molar-refractivity contribution in [2.45, 2.75) is 45.8 Å². The Labute approximate surface area is 79.4 Å². The second-order valence-corrected chi connectivity index (χ2v) is 3.54. The van der Waals surface area contributed by atoms with Crippen molar-refractivity contribution >= 4 is 5.97 Å². The Morgan fingerprint density at radius 1 is 1.62 bits per heavy atom. The molecule has 0 aromatic rings. The molecular weight excluding hydrogens is 168 g/mol. The molecule has 1 fully saturated rings. The number of esters is 1. The van der Waals surface area contributed by atoms with E-state index in [2.05, 4.69) is 6.92 Å². The molecule has 1 aliphatic heterocycles. The number of carbonyl (C=O) groups excluding carboxylic acids is 1. The molecule has 0 N–H and O–H groups in total. The zero-order valence-corrected chi connectivity index (χ0v) is 8.41. The van der Waals surface area contributed by atoms with Crippen LogP contribution in [0.5, 0.6) is 0 Å². The minimum Gasteiger partial charge on any atom is -0.436 e. The van der Waals surface area contributed by atoms with Crippen LogP contribution < -0.4 is 0 Å². The van der Waals surface area contributed by atoms with E-state index in [0.29, 0.717) is 5.92 Å². The average molecular weight is 186 g/mol. The molecule has 0 aromatic carbocycles. The maximum absolute atomic E-state index is 10.8. The lowest BCUT2D eigenvalue weighted by molar-refractivity contribution is -0.201. The molecule has 76 valence electrons. The van der Waals surface area contributed by atoms with Crippen LogP contribution in [-0.4, -0.2) is 18.9 Å². The molecule has 0 radical (unpaired) electrons. The standard InChI is InChI=1S/C10H18O3/c1-3-5-9-6-4-7-12-10(9)13-8(2)11/h9-10H,3-7H2,1-2H3. The molecule has 3 nitrogen and oxygen atoms in total. The van der Waals surface area contributed by atoms with E-state index in [4.69, 9.17) is 9.47 Å². The lowest BCUT2D eigenvalue weighted by Crippen LogP contribution is -2.33. The van der Waals surface area contributed by atoms with E-state index in [0.717, 1.165) is 32.3 Å². The second-order valence-electron chi connectivity index (χ2n) is 3.54. The fraction of sp³-hybridized carbons (Fsp3) is 0.900. The fourth-order valence-electron chi connectivity index (χ4n) is 1.76. The van der Waals surface area contributed by atoms with Crippen molar-refractivity contribution in [2.24, 2.45) is 5.92 Å². The van der Waals surface area contributed by atoms with Gasteiger partial charge in [-0.1, -0.05) is 13.3 Å². The van der Waals surface area contributed by atoms with Gasteiger partial charge < -0.3 is 9.47 Å². The zero-order valence-electron chi connectivity index (χ0n) is 8.41. The van der Waals surface area contributed by atoms with Crippen molar-refractivity contribution in [3.05, 3.63) is 0 Å². The van der Waals surface area contributed by atoms with Gasteiger partial charge in [0.25, 0.3) is 0 Å². The minimum absolute atomic E-state index is 0.243. The molecule has 1 aliphatic rings. The van der Waals surface area contributed by atoms with Crippen LogP contribution >= 0.6 is 0 Å². The molecule has 1 heterocycles. The van der Waals surface area contributed by atoms with Gasteiger partial charge in [0, 0.05) is 12.8 Å². The first kappa shape index (κ1) is 10.5.